The molecule has 5 heteroatoms. The number of H-pyrrole nitrogens is 1. The lowest BCUT2D eigenvalue weighted by Gasteiger charge is -2.33. The van der Waals surface area contributed by atoms with Gasteiger partial charge >= 0.3 is 5.97 Å². The summed E-state index contributed by atoms with van der Waals surface area (Å²) in [6.07, 6.45) is 3.02. The molecule has 1 heterocycles. The van der Waals surface area contributed by atoms with Crippen molar-refractivity contribution in [2.45, 2.75) is 25.3 Å². The van der Waals surface area contributed by atoms with Crippen LogP contribution >= 0.6 is 0 Å². The number of amides is 1. The fourth-order valence-corrected chi connectivity index (χ4v) is 3.79. The van der Waals surface area contributed by atoms with Crippen LogP contribution in [0, 0.1) is 0 Å². The van der Waals surface area contributed by atoms with E-state index in [1.807, 2.05) is 36.4 Å². The summed E-state index contributed by atoms with van der Waals surface area (Å²) in [6, 6.07) is 17.6. The van der Waals surface area contributed by atoms with Gasteiger partial charge in [-0.2, -0.15) is 0 Å². The zero-order chi connectivity index (χ0) is 18.8. The number of hydrogen-bond acceptors (Lipinski definition) is 3. The molecule has 0 saturated carbocycles. The summed E-state index contributed by atoms with van der Waals surface area (Å²) in [4.78, 5) is 29.6. The first kappa shape index (κ1) is 17.3. The molecule has 1 N–H and O–H groups in total. The Kier molecular flexibility index (Phi) is 4.67. The van der Waals surface area contributed by atoms with Crippen molar-refractivity contribution in [3.63, 3.8) is 0 Å². The Morgan fingerprint density at radius 2 is 1.93 bits per heavy atom. The van der Waals surface area contributed by atoms with E-state index < -0.39 is 5.97 Å². The van der Waals surface area contributed by atoms with Gasteiger partial charge in [-0.3, -0.25) is 4.79 Å². The van der Waals surface area contributed by atoms with Gasteiger partial charge in [0, 0.05) is 18.0 Å². The molecule has 0 unspecified atom stereocenters. The molecule has 1 atom stereocenters. The number of rotatable bonds is 4. The summed E-state index contributed by atoms with van der Waals surface area (Å²) in [5.41, 5.74) is 3.71. The Bertz CT molecular complexity index is 959. The van der Waals surface area contributed by atoms with Gasteiger partial charge in [0.1, 0.15) is 5.69 Å². The number of hydrogen-bond donors (Lipinski definition) is 1. The van der Waals surface area contributed by atoms with Crippen LogP contribution in [-0.4, -0.2) is 35.4 Å². The Morgan fingerprint density at radius 3 is 2.78 bits per heavy atom. The lowest BCUT2D eigenvalue weighted by molar-refractivity contribution is -0.135. The number of aryl methyl sites for hydroxylation is 1. The quantitative estimate of drug-likeness (QED) is 0.717. The molecule has 1 amide bonds. The Hall–Kier alpha value is -3.08. The zero-order valence-corrected chi connectivity index (χ0v) is 15.3. The molecule has 4 rings (SSSR count). The molecule has 0 fully saturated rings. The van der Waals surface area contributed by atoms with Crippen molar-refractivity contribution in [1.82, 2.24) is 9.88 Å². The first-order valence-corrected chi connectivity index (χ1v) is 9.22. The zero-order valence-electron chi connectivity index (χ0n) is 15.3. The van der Waals surface area contributed by atoms with Crippen LogP contribution in [0.4, 0.5) is 0 Å². The maximum absolute atomic E-state index is 12.6. The number of nitrogens with zero attached hydrogens (tertiary/aromatic N) is 1. The van der Waals surface area contributed by atoms with Crippen LogP contribution in [-0.2, 0) is 16.0 Å². The third-order valence-corrected chi connectivity index (χ3v) is 5.28. The minimum absolute atomic E-state index is 0.0363. The van der Waals surface area contributed by atoms with Gasteiger partial charge in [0.25, 0.3) is 5.91 Å². The highest BCUT2D eigenvalue weighted by atomic mass is 16.5. The van der Waals surface area contributed by atoms with E-state index in [1.54, 1.807) is 18.0 Å². The van der Waals surface area contributed by atoms with E-state index in [0.717, 1.165) is 30.2 Å². The second-order valence-corrected chi connectivity index (χ2v) is 6.96. The number of carbonyl (C=O) groups is 2. The monoisotopic (exact) mass is 362 g/mol. The number of ether oxygens (including phenoxy) is 1. The Labute approximate surface area is 157 Å². The van der Waals surface area contributed by atoms with Gasteiger partial charge in [0.15, 0.2) is 6.61 Å². The smallest absolute Gasteiger partial charge is 0.355 e. The van der Waals surface area contributed by atoms with Crippen molar-refractivity contribution in [3.8, 4) is 0 Å². The molecular formula is C22H22N2O3. The summed E-state index contributed by atoms with van der Waals surface area (Å²) in [5, 5.41) is 0.937. The lowest BCUT2D eigenvalue weighted by atomic mass is 9.87. The molecule has 0 aliphatic heterocycles. The molecule has 1 aliphatic carbocycles. The van der Waals surface area contributed by atoms with Crippen molar-refractivity contribution in [1.29, 1.82) is 0 Å². The van der Waals surface area contributed by atoms with Gasteiger partial charge in [-0.05, 0) is 42.5 Å². The maximum atomic E-state index is 12.6. The topological polar surface area (TPSA) is 62.4 Å². The van der Waals surface area contributed by atoms with Gasteiger partial charge in [0.2, 0.25) is 0 Å². The second-order valence-electron chi connectivity index (χ2n) is 6.96. The molecule has 1 aromatic heterocycles. The number of esters is 1. The minimum atomic E-state index is -0.517. The fraction of sp³-hybridized carbons (Fsp3) is 0.273. The third-order valence-electron chi connectivity index (χ3n) is 5.28. The largest absolute Gasteiger partial charge is 0.451 e. The third kappa shape index (κ3) is 3.45. The summed E-state index contributed by atoms with van der Waals surface area (Å²) < 4.78 is 5.26. The number of aromatic amines is 1. The summed E-state index contributed by atoms with van der Waals surface area (Å²) in [5.74, 6) is -0.710. The summed E-state index contributed by atoms with van der Waals surface area (Å²) in [7, 11) is 1.78. The van der Waals surface area contributed by atoms with Crippen LogP contribution in [0.5, 0.6) is 0 Å². The Morgan fingerprint density at radius 1 is 1.15 bits per heavy atom. The first-order valence-electron chi connectivity index (χ1n) is 9.22. The van der Waals surface area contributed by atoms with Crippen molar-refractivity contribution in [3.05, 3.63) is 71.4 Å². The number of likely N-dealkylation sites (N-methyl/N-ethyl adjacent to an activating group) is 1. The van der Waals surface area contributed by atoms with E-state index in [9.17, 15) is 9.59 Å². The van der Waals surface area contributed by atoms with E-state index in [2.05, 4.69) is 17.1 Å². The summed E-state index contributed by atoms with van der Waals surface area (Å²) >= 11 is 0. The highest BCUT2D eigenvalue weighted by Crippen LogP contribution is 2.33. The highest BCUT2D eigenvalue weighted by molar-refractivity contribution is 5.95. The van der Waals surface area contributed by atoms with E-state index in [0.29, 0.717) is 5.69 Å². The van der Waals surface area contributed by atoms with Crippen molar-refractivity contribution >= 4 is 22.8 Å². The molecular weight excluding hydrogens is 340 g/mol. The van der Waals surface area contributed by atoms with Crippen LogP contribution < -0.4 is 0 Å². The fourth-order valence-electron chi connectivity index (χ4n) is 3.79. The first-order chi connectivity index (χ1) is 13.1. The minimum Gasteiger partial charge on any atom is -0.451 e. The standard InChI is InChI=1S/C22H22N2O3/c1-24(20-12-6-9-15-7-2-4-10-17(15)20)21(25)14-27-22(26)19-13-16-8-3-5-11-18(16)23-19/h2-5,7-8,10-11,13,20,23H,6,9,12,14H2,1H3/t20-/m1/s1. The van der Waals surface area contributed by atoms with Gasteiger partial charge in [-0.15, -0.1) is 0 Å². The number of fused-ring (bicyclic) bond motifs is 2. The van der Waals surface area contributed by atoms with Crippen LogP contribution in [0.3, 0.4) is 0 Å². The van der Waals surface area contributed by atoms with Gasteiger partial charge < -0.3 is 14.6 Å². The molecule has 2 aromatic carbocycles. The average Bonchev–Trinajstić information content (AvgIpc) is 3.15. The normalized spacial score (nSPS) is 16.0. The molecule has 1 aliphatic rings. The van der Waals surface area contributed by atoms with E-state index in [4.69, 9.17) is 4.74 Å². The number of carbonyl (C=O) groups excluding carboxylic acids is 2. The molecule has 138 valence electrons. The number of para-hydroxylation sites is 1. The van der Waals surface area contributed by atoms with Crippen molar-refractivity contribution in [2.24, 2.45) is 0 Å². The number of nitrogens with one attached hydrogen (secondary N) is 1. The predicted molar refractivity (Wildman–Crippen MR) is 103 cm³/mol. The maximum Gasteiger partial charge on any atom is 0.355 e. The van der Waals surface area contributed by atoms with E-state index >= 15 is 0 Å². The number of benzene rings is 2. The Balaban J connectivity index is 1.41. The van der Waals surface area contributed by atoms with Crippen LogP contribution in [0.2, 0.25) is 0 Å². The molecule has 3 aromatic rings. The van der Waals surface area contributed by atoms with Crippen LogP contribution in [0.1, 0.15) is 40.5 Å². The number of aromatic nitrogens is 1. The second kappa shape index (κ2) is 7.27. The van der Waals surface area contributed by atoms with Gasteiger partial charge in [-0.1, -0.05) is 42.5 Å². The molecule has 27 heavy (non-hydrogen) atoms. The molecule has 0 spiro atoms. The lowest BCUT2D eigenvalue weighted by Crippen LogP contribution is -2.36. The predicted octanol–water partition coefficient (Wildman–Crippen LogP) is 3.86. The molecule has 0 saturated heterocycles. The summed E-state index contributed by atoms with van der Waals surface area (Å²) in [6.45, 7) is -0.261. The van der Waals surface area contributed by atoms with Crippen molar-refractivity contribution < 1.29 is 14.3 Å². The van der Waals surface area contributed by atoms with Crippen LogP contribution in [0.15, 0.2) is 54.6 Å². The van der Waals surface area contributed by atoms with Crippen LogP contribution in [0.25, 0.3) is 10.9 Å². The SMILES string of the molecule is CN(C(=O)COC(=O)c1cc2ccccc2[nH]1)[C@@H]1CCCc2ccccc21. The van der Waals surface area contributed by atoms with Gasteiger partial charge in [-0.25, -0.2) is 4.79 Å². The average molecular weight is 362 g/mol. The molecule has 5 nitrogen and oxygen atoms in total. The van der Waals surface area contributed by atoms with E-state index in [1.165, 1.54) is 11.1 Å². The van der Waals surface area contributed by atoms with E-state index in [-0.39, 0.29) is 18.6 Å². The van der Waals surface area contributed by atoms with Gasteiger partial charge in [0.05, 0.1) is 6.04 Å². The van der Waals surface area contributed by atoms with Crippen molar-refractivity contribution in [2.75, 3.05) is 13.7 Å². The molecule has 0 radical (unpaired) electrons. The highest BCUT2D eigenvalue weighted by Gasteiger charge is 2.27. The molecule has 0 bridgehead atoms.